The van der Waals surface area contributed by atoms with Gasteiger partial charge in [-0.05, 0) is 38.0 Å². The molecule has 1 amide bonds. The molecule has 116 valence electrons. The largest absolute Gasteiger partial charge is 0.325 e. The minimum absolute atomic E-state index is 0.219. The van der Waals surface area contributed by atoms with Gasteiger partial charge in [0, 0.05) is 6.54 Å². The average Bonchev–Trinajstić information content (AvgIpc) is 3.01. The summed E-state index contributed by atoms with van der Waals surface area (Å²) in [6, 6.07) is 0. The molecule has 2 atom stereocenters. The topological polar surface area (TPSA) is 32.3 Å². The quantitative estimate of drug-likeness (QED) is 0.807. The van der Waals surface area contributed by atoms with E-state index in [0.717, 1.165) is 18.9 Å². The molecule has 1 aliphatic carbocycles. The normalized spacial score (nSPS) is 31.8. The van der Waals surface area contributed by atoms with Crippen LogP contribution in [0, 0.1) is 11.8 Å². The molecule has 2 aliphatic rings. The Bertz CT molecular complexity index is 336. The summed E-state index contributed by atoms with van der Waals surface area (Å²) in [4.78, 5) is 14.8. The van der Waals surface area contributed by atoms with Crippen molar-refractivity contribution >= 4 is 5.91 Å². The molecular formula is C17H32N2O. The molecule has 0 aromatic carbocycles. The summed E-state index contributed by atoms with van der Waals surface area (Å²) in [5.41, 5.74) is -0.345. The number of rotatable bonds is 6. The molecule has 20 heavy (non-hydrogen) atoms. The smallest absolute Gasteiger partial charge is 0.243 e. The lowest BCUT2D eigenvalue weighted by Gasteiger charge is -2.27. The van der Waals surface area contributed by atoms with E-state index in [-0.39, 0.29) is 11.7 Å². The maximum atomic E-state index is 12.7. The summed E-state index contributed by atoms with van der Waals surface area (Å²) < 4.78 is 0. The van der Waals surface area contributed by atoms with Crippen molar-refractivity contribution in [2.45, 2.75) is 84.3 Å². The van der Waals surface area contributed by atoms with E-state index in [2.05, 4.69) is 37.9 Å². The first-order valence-corrected chi connectivity index (χ1v) is 8.56. The summed E-state index contributed by atoms with van der Waals surface area (Å²) in [5, 5.41) is 3.57. The Labute approximate surface area is 124 Å². The highest BCUT2D eigenvalue weighted by Gasteiger charge is 2.47. The van der Waals surface area contributed by atoms with Crippen LogP contribution in [0.4, 0.5) is 0 Å². The first-order valence-electron chi connectivity index (χ1n) is 8.56. The molecule has 2 rings (SSSR count). The summed E-state index contributed by atoms with van der Waals surface area (Å²) >= 11 is 0. The SMILES string of the molecule is CCC1(C)NC(C(C)C)N(CCCC2CCCC2)C1=O. The van der Waals surface area contributed by atoms with Gasteiger partial charge < -0.3 is 4.90 Å². The van der Waals surface area contributed by atoms with E-state index in [4.69, 9.17) is 0 Å². The molecule has 1 saturated heterocycles. The van der Waals surface area contributed by atoms with Gasteiger partial charge in [0.25, 0.3) is 0 Å². The van der Waals surface area contributed by atoms with Gasteiger partial charge in [-0.15, -0.1) is 0 Å². The number of amides is 1. The van der Waals surface area contributed by atoms with Crippen molar-refractivity contribution in [3.8, 4) is 0 Å². The van der Waals surface area contributed by atoms with Gasteiger partial charge >= 0.3 is 0 Å². The number of hydrogen-bond donors (Lipinski definition) is 1. The van der Waals surface area contributed by atoms with Crippen LogP contribution in [0.15, 0.2) is 0 Å². The van der Waals surface area contributed by atoms with Gasteiger partial charge in [-0.2, -0.15) is 0 Å². The van der Waals surface area contributed by atoms with E-state index >= 15 is 0 Å². The standard InChI is InChI=1S/C17H32N2O/c1-5-17(4)16(20)19(15(18-17)13(2)3)12-8-11-14-9-6-7-10-14/h13-15,18H,5-12H2,1-4H3. The van der Waals surface area contributed by atoms with Gasteiger partial charge in [-0.1, -0.05) is 46.5 Å². The van der Waals surface area contributed by atoms with Gasteiger partial charge in [0.2, 0.25) is 5.91 Å². The van der Waals surface area contributed by atoms with Gasteiger partial charge in [0.05, 0.1) is 11.7 Å². The Morgan fingerprint density at radius 1 is 1.35 bits per heavy atom. The fraction of sp³-hybridized carbons (Fsp3) is 0.941. The van der Waals surface area contributed by atoms with Gasteiger partial charge in [0.1, 0.15) is 0 Å². The first kappa shape index (κ1) is 15.8. The van der Waals surface area contributed by atoms with Crippen LogP contribution >= 0.6 is 0 Å². The Kier molecular flexibility index (Phi) is 5.11. The van der Waals surface area contributed by atoms with Gasteiger partial charge in [-0.3, -0.25) is 10.1 Å². The van der Waals surface area contributed by atoms with Crippen molar-refractivity contribution in [1.29, 1.82) is 0 Å². The van der Waals surface area contributed by atoms with Crippen LogP contribution < -0.4 is 5.32 Å². The fourth-order valence-electron chi connectivity index (χ4n) is 3.78. The fourth-order valence-corrected chi connectivity index (χ4v) is 3.78. The second-order valence-corrected chi connectivity index (χ2v) is 7.31. The molecule has 0 radical (unpaired) electrons. The zero-order chi connectivity index (χ0) is 14.8. The van der Waals surface area contributed by atoms with Crippen molar-refractivity contribution < 1.29 is 4.79 Å². The lowest BCUT2D eigenvalue weighted by atomic mass is 9.99. The number of nitrogens with one attached hydrogen (secondary N) is 1. The summed E-state index contributed by atoms with van der Waals surface area (Å²) in [6.45, 7) is 9.50. The highest BCUT2D eigenvalue weighted by molar-refractivity contribution is 5.88. The first-order chi connectivity index (χ1) is 9.48. The minimum Gasteiger partial charge on any atom is -0.325 e. The Morgan fingerprint density at radius 3 is 2.55 bits per heavy atom. The molecule has 2 unspecified atom stereocenters. The third-order valence-electron chi connectivity index (χ3n) is 5.36. The monoisotopic (exact) mass is 280 g/mol. The van der Waals surface area contributed by atoms with E-state index < -0.39 is 0 Å². The third kappa shape index (κ3) is 3.19. The summed E-state index contributed by atoms with van der Waals surface area (Å²) in [6.07, 6.45) is 9.21. The van der Waals surface area contributed by atoms with Crippen LogP contribution in [0.5, 0.6) is 0 Å². The molecule has 0 aromatic rings. The molecule has 1 heterocycles. The van der Waals surface area contributed by atoms with E-state index in [1.165, 1.54) is 38.5 Å². The maximum absolute atomic E-state index is 12.7. The minimum atomic E-state index is -0.345. The zero-order valence-electron chi connectivity index (χ0n) is 13.7. The van der Waals surface area contributed by atoms with Crippen LogP contribution in [-0.2, 0) is 4.79 Å². The molecular weight excluding hydrogens is 248 g/mol. The molecule has 1 saturated carbocycles. The molecule has 1 aliphatic heterocycles. The van der Waals surface area contributed by atoms with E-state index in [9.17, 15) is 4.79 Å². The van der Waals surface area contributed by atoms with Crippen molar-refractivity contribution in [2.75, 3.05) is 6.54 Å². The molecule has 2 fully saturated rings. The van der Waals surface area contributed by atoms with Crippen LogP contribution in [-0.4, -0.2) is 29.1 Å². The molecule has 0 bridgehead atoms. The van der Waals surface area contributed by atoms with Crippen LogP contribution in [0.25, 0.3) is 0 Å². The van der Waals surface area contributed by atoms with E-state index in [1.54, 1.807) is 0 Å². The van der Waals surface area contributed by atoms with Crippen LogP contribution in [0.3, 0.4) is 0 Å². The lowest BCUT2D eigenvalue weighted by Crippen LogP contribution is -2.45. The van der Waals surface area contributed by atoms with E-state index in [0.29, 0.717) is 11.8 Å². The van der Waals surface area contributed by atoms with Crippen molar-refractivity contribution in [3.05, 3.63) is 0 Å². The van der Waals surface area contributed by atoms with Crippen molar-refractivity contribution in [1.82, 2.24) is 10.2 Å². The predicted octanol–water partition coefficient (Wildman–Crippen LogP) is 3.54. The molecule has 3 heteroatoms. The number of nitrogens with zero attached hydrogens (tertiary/aromatic N) is 1. The van der Waals surface area contributed by atoms with Crippen molar-refractivity contribution in [2.24, 2.45) is 11.8 Å². The Morgan fingerprint density at radius 2 is 2.00 bits per heavy atom. The summed E-state index contributed by atoms with van der Waals surface area (Å²) in [5.74, 6) is 1.71. The number of carbonyl (C=O) groups excluding carboxylic acids is 1. The second kappa shape index (κ2) is 6.46. The highest BCUT2D eigenvalue weighted by atomic mass is 16.2. The van der Waals surface area contributed by atoms with Crippen LogP contribution in [0.1, 0.15) is 72.6 Å². The van der Waals surface area contributed by atoms with Gasteiger partial charge in [0.15, 0.2) is 0 Å². The maximum Gasteiger partial charge on any atom is 0.243 e. The van der Waals surface area contributed by atoms with Gasteiger partial charge in [-0.25, -0.2) is 0 Å². The second-order valence-electron chi connectivity index (χ2n) is 7.31. The average molecular weight is 280 g/mol. The zero-order valence-corrected chi connectivity index (χ0v) is 13.7. The molecule has 1 N–H and O–H groups in total. The Balaban J connectivity index is 1.91. The molecule has 0 spiro atoms. The van der Waals surface area contributed by atoms with E-state index in [1.807, 2.05) is 0 Å². The Hall–Kier alpha value is -0.570. The predicted molar refractivity (Wildman–Crippen MR) is 83.4 cm³/mol. The highest BCUT2D eigenvalue weighted by Crippen LogP contribution is 2.30. The lowest BCUT2D eigenvalue weighted by molar-refractivity contribution is -0.133. The molecule has 3 nitrogen and oxygen atoms in total. The van der Waals surface area contributed by atoms with Crippen molar-refractivity contribution in [3.63, 3.8) is 0 Å². The number of hydrogen-bond acceptors (Lipinski definition) is 2. The summed E-state index contributed by atoms with van der Waals surface area (Å²) in [7, 11) is 0. The van der Waals surface area contributed by atoms with Crippen LogP contribution in [0.2, 0.25) is 0 Å². The third-order valence-corrected chi connectivity index (χ3v) is 5.36. The molecule has 0 aromatic heterocycles. The number of carbonyl (C=O) groups is 1.